The van der Waals surface area contributed by atoms with Crippen molar-refractivity contribution in [1.29, 1.82) is 0 Å². The molecule has 1 rings (SSSR count). The summed E-state index contributed by atoms with van der Waals surface area (Å²) in [4.78, 5) is 11.4. The second-order valence-corrected chi connectivity index (χ2v) is 12.3. The summed E-state index contributed by atoms with van der Waals surface area (Å²) < 4.78 is 11.6. The molecule has 1 aliphatic rings. The molecule has 0 bridgehead atoms. The second kappa shape index (κ2) is 7.10. The van der Waals surface area contributed by atoms with Crippen molar-refractivity contribution in [3.05, 3.63) is 6.61 Å². The van der Waals surface area contributed by atoms with E-state index in [1.54, 1.807) is 6.92 Å². The molecule has 0 aromatic rings. The van der Waals surface area contributed by atoms with Crippen LogP contribution in [0.25, 0.3) is 0 Å². The average molecular weight is 300 g/mol. The molecule has 0 aliphatic carbocycles. The molecule has 20 heavy (non-hydrogen) atoms. The van der Waals surface area contributed by atoms with E-state index in [1.165, 1.54) is 0 Å². The van der Waals surface area contributed by atoms with Crippen LogP contribution < -0.4 is 0 Å². The van der Waals surface area contributed by atoms with Crippen molar-refractivity contribution in [1.82, 2.24) is 0 Å². The highest BCUT2D eigenvalue weighted by molar-refractivity contribution is 6.74. The quantitative estimate of drug-likeness (QED) is 0.522. The maximum atomic E-state index is 11.4. The zero-order valence-electron chi connectivity index (χ0n) is 14.0. The molecular formula is C16H31O3Si+. The predicted octanol–water partition coefficient (Wildman–Crippen LogP) is 4.19. The Labute approximate surface area is 125 Å². The highest BCUT2D eigenvalue weighted by Gasteiger charge is 2.38. The van der Waals surface area contributed by atoms with Gasteiger partial charge in [-0.3, -0.25) is 0 Å². The minimum Gasteiger partial charge on any atom is -0.417 e. The number of ether oxygens (including phenoxy) is 1. The number of carbonyl (C=O) groups is 1. The molecule has 0 spiro atoms. The van der Waals surface area contributed by atoms with Gasteiger partial charge in [0.2, 0.25) is 6.61 Å². The van der Waals surface area contributed by atoms with Crippen LogP contribution in [0.1, 0.15) is 47.0 Å². The molecule has 0 aromatic heterocycles. The van der Waals surface area contributed by atoms with Gasteiger partial charge in [-0.2, -0.15) is 4.74 Å². The molecule has 0 saturated carbocycles. The molecule has 2 atom stereocenters. The molecule has 0 unspecified atom stereocenters. The summed E-state index contributed by atoms with van der Waals surface area (Å²) in [6.07, 6.45) is 2.64. The van der Waals surface area contributed by atoms with E-state index in [4.69, 9.17) is 9.16 Å². The first kappa shape index (κ1) is 17.7. The Bertz CT molecular complexity index is 314. The summed E-state index contributed by atoms with van der Waals surface area (Å²) in [5, 5.41) is 0.242. The van der Waals surface area contributed by atoms with E-state index in [-0.39, 0.29) is 10.8 Å². The number of Topliss-reactive ketones (excluding diaryl/α,β-unsaturated/α-hetero) is 1. The largest absolute Gasteiger partial charge is 0.417 e. The monoisotopic (exact) mass is 299 g/mol. The second-order valence-electron chi connectivity index (χ2n) is 7.52. The summed E-state index contributed by atoms with van der Waals surface area (Å²) >= 11 is 0. The third kappa shape index (κ3) is 5.22. The first-order valence-corrected chi connectivity index (χ1v) is 10.6. The van der Waals surface area contributed by atoms with Gasteiger partial charge in [0.05, 0.1) is 0 Å². The fraction of sp³-hybridized carbons (Fsp3) is 0.875. The molecule has 0 amide bonds. The van der Waals surface area contributed by atoms with Crippen LogP contribution in [0.15, 0.2) is 0 Å². The summed E-state index contributed by atoms with van der Waals surface area (Å²) in [6, 6.07) is 0. The minimum atomic E-state index is -1.68. The molecule has 4 heteroatoms. The highest BCUT2D eigenvalue weighted by Crippen LogP contribution is 2.37. The molecule has 1 heterocycles. The maximum Gasteiger partial charge on any atom is 0.230 e. The molecule has 1 fully saturated rings. The van der Waals surface area contributed by atoms with Crippen molar-refractivity contribution < 1.29 is 14.0 Å². The Balaban J connectivity index is 2.48. The van der Waals surface area contributed by atoms with Gasteiger partial charge >= 0.3 is 0 Å². The summed E-state index contributed by atoms with van der Waals surface area (Å²) in [7, 11) is -1.68. The Kier molecular flexibility index (Phi) is 6.29. The van der Waals surface area contributed by atoms with Gasteiger partial charge in [0.25, 0.3) is 0 Å². The van der Waals surface area contributed by atoms with Crippen molar-refractivity contribution in [2.75, 3.05) is 13.2 Å². The van der Waals surface area contributed by atoms with E-state index >= 15 is 0 Å². The van der Waals surface area contributed by atoms with Gasteiger partial charge in [0, 0.05) is 25.4 Å². The third-order valence-electron chi connectivity index (χ3n) is 4.75. The zero-order valence-corrected chi connectivity index (χ0v) is 15.0. The van der Waals surface area contributed by atoms with Crippen molar-refractivity contribution in [2.24, 2.45) is 11.8 Å². The Morgan fingerprint density at radius 3 is 2.55 bits per heavy atom. The Hall–Kier alpha value is -0.323. The zero-order chi connectivity index (χ0) is 15.4. The van der Waals surface area contributed by atoms with Crippen molar-refractivity contribution >= 4 is 14.1 Å². The van der Waals surface area contributed by atoms with E-state index in [0.717, 1.165) is 26.1 Å². The molecule has 0 N–H and O–H groups in total. The van der Waals surface area contributed by atoms with Crippen molar-refractivity contribution in [3.8, 4) is 0 Å². The van der Waals surface area contributed by atoms with Gasteiger partial charge in [-0.25, -0.2) is 0 Å². The van der Waals surface area contributed by atoms with Gasteiger partial charge in [-0.05, 0) is 31.5 Å². The smallest absolute Gasteiger partial charge is 0.230 e. The summed E-state index contributed by atoms with van der Waals surface area (Å²) in [5.74, 6) is 1.06. The number of carbonyl (C=O) groups excluding carboxylic acids is 1. The van der Waals surface area contributed by atoms with E-state index in [9.17, 15) is 4.79 Å². The molecular weight excluding hydrogens is 268 g/mol. The van der Waals surface area contributed by atoms with Crippen LogP contribution >= 0.6 is 0 Å². The van der Waals surface area contributed by atoms with Crippen LogP contribution in [-0.4, -0.2) is 27.3 Å². The average Bonchev–Trinajstić information content (AvgIpc) is 2.78. The number of ketones is 1. The van der Waals surface area contributed by atoms with Gasteiger partial charge in [0.15, 0.2) is 8.32 Å². The van der Waals surface area contributed by atoms with Crippen LogP contribution in [0, 0.1) is 18.4 Å². The standard InChI is InChI=1S/C16H31O3Si/c1-13(17)11-14(15-7-9-18-12-15)8-10-19-20(5,6)16(2,3)4/h12,14-15H,7-11H2,1-6H3/q+1/t14-,15+/m1/s1. The highest BCUT2D eigenvalue weighted by atomic mass is 28.4. The topological polar surface area (TPSA) is 35.5 Å². The van der Waals surface area contributed by atoms with Gasteiger partial charge in [-0.15, -0.1) is 0 Å². The van der Waals surface area contributed by atoms with Gasteiger partial charge < -0.3 is 9.22 Å². The lowest BCUT2D eigenvalue weighted by Crippen LogP contribution is -2.41. The van der Waals surface area contributed by atoms with Crippen LogP contribution in [0.4, 0.5) is 0 Å². The first-order chi connectivity index (χ1) is 9.13. The van der Waals surface area contributed by atoms with Crippen LogP contribution in [0.2, 0.25) is 18.1 Å². The molecule has 1 saturated heterocycles. The van der Waals surface area contributed by atoms with Crippen molar-refractivity contribution in [3.63, 3.8) is 0 Å². The number of hydrogen-bond donors (Lipinski definition) is 0. The van der Waals surface area contributed by atoms with Crippen LogP contribution in [0.5, 0.6) is 0 Å². The molecule has 116 valence electrons. The lowest BCUT2D eigenvalue weighted by molar-refractivity contribution is -0.118. The fourth-order valence-electron chi connectivity index (χ4n) is 2.33. The Morgan fingerprint density at radius 2 is 2.10 bits per heavy atom. The fourth-order valence-corrected chi connectivity index (χ4v) is 3.39. The van der Waals surface area contributed by atoms with Crippen molar-refractivity contribution in [2.45, 2.75) is 65.1 Å². The van der Waals surface area contributed by atoms with Crippen LogP contribution in [-0.2, 0) is 14.0 Å². The van der Waals surface area contributed by atoms with E-state index in [0.29, 0.717) is 18.3 Å². The van der Waals surface area contributed by atoms with Gasteiger partial charge in [0.1, 0.15) is 18.3 Å². The lowest BCUT2D eigenvalue weighted by Gasteiger charge is -2.36. The van der Waals surface area contributed by atoms with Crippen LogP contribution in [0.3, 0.4) is 0 Å². The molecule has 1 aliphatic heterocycles. The number of rotatable bonds is 7. The SMILES string of the molecule is CC(=O)C[C@@H](CCO[Si](C)(C)C(C)(C)C)[C@@H]1[CH+]OCC1. The Morgan fingerprint density at radius 1 is 1.45 bits per heavy atom. The predicted molar refractivity (Wildman–Crippen MR) is 84.9 cm³/mol. The first-order valence-electron chi connectivity index (χ1n) is 7.72. The summed E-state index contributed by atoms with van der Waals surface area (Å²) in [5.41, 5.74) is 0. The third-order valence-corrected chi connectivity index (χ3v) is 9.29. The van der Waals surface area contributed by atoms with Gasteiger partial charge in [-0.1, -0.05) is 20.8 Å². The van der Waals surface area contributed by atoms with E-state index < -0.39 is 8.32 Å². The lowest BCUT2D eigenvalue weighted by atomic mass is 9.85. The summed E-state index contributed by atoms with van der Waals surface area (Å²) in [6.45, 7) is 16.5. The molecule has 0 radical (unpaired) electrons. The normalized spacial score (nSPS) is 21.6. The maximum absolute atomic E-state index is 11.4. The minimum absolute atomic E-state index is 0.242. The molecule has 3 nitrogen and oxygen atoms in total. The van der Waals surface area contributed by atoms with E-state index in [1.807, 2.05) is 6.61 Å². The number of hydrogen-bond acceptors (Lipinski definition) is 3. The van der Waals surface area contributed by atoms with E-state index in [2.05, 4.69) is 33.9 Å². The molecule has 0 aromatic carbocycles.